The lowest BCUT2D eigenvalue weighted by molar-refractivity contribution is -0.143. The molecule has 2 aromatic heterocycles. The molecule has 0 unspecified atom stereocenters. The summed E-state index contributed by atoms with van der Waals surface area (Å²) in [5.74, 6) is -0.861. The number of nitrogens with zero attached hydrogens (tertiary/aromatic N) is 4. The number of hydrogen-bond donors (Lipinski definition) is 3. The second-order valence-corrected chi connectivity index (χ2v) is 9.65. The van der Waals surface area contributed by atoms with Gasteiger partial charge < -0.3 is 19.2 Å². The van der Waals surface area contributed by atoms with E-state index in [0.717, 1.165) is 29.7 Å². The lowest BCUT2D eigenvalue weighted by atomic mass is 10.1. The van der Waals surface area contributed by atoms with Crippen LogP contribution >= 0.6 is 0 Å². The van der Waals surface area contributed by atoms with Gasteiger partial charge in [-0.2, -0.15) is 5.26 Å². The van der Waals surface area contributed by atoms with Gasteiger partial charge in [0.25, 0.3) is 5.91 Å². The fraction of sp³-hybridized carbons (Fsp3) is 0.357. The number of carbonyl (C=O) groups is 2. The van der Waals surface area contributed by atoms with Crippen molar-refractivity contribution in [2.75, 3.05) is 13.7 Å². The molecule has 0 bridgehead atoms. The van der Waals surface area contributed by atoms with Crippen molar-refractivity contribution in [2.24, 2.45) is 0 Å². The molecule has 0 atom stereocenters. The van der Waals surface area contributed by atoms with Gasteiger partial charge in [0.2, 0.25) is 0 Å². The van der Waals surface area contributed by atoms with Gasteiger partial charge in [0.1, 0.15) is 11.3 Å². The summed E-state index contributed by atoms with van der Waals surface area (Å²) in [5.41, 5.74) is 9.88. The van der Waals surface area contributed by atoms with Crippen LogP contribution in [0.15, 0.2) is 42.5 Å². The number of esters is 1. The quantitative estimate of drug-likeness (QED) is 0.310. The summed E-state index contributed by atoms with van der Waals surface area (Å²) >= 11 is 0. The zero-order chi connectivity index (χ0) is 28.2. The van der Waals surface area contributed by atoms with Gasteiger partial charge in [0, 0.05) is 37.1 Å². The topological polar surface area (TPSA) is 133 Å². The zero-order valence-corrected chi connectivity index (χ0v) is 22.3. The Bertz CT molecular complexity index is 1520. The van der Waals surface area contributed by atoms with E-state index in [0.29, 0.717) is 25.5 Å². The van der Waals surface area contributed by atoms with E-state index in [1.54, 1.807) is 18.1 Å². The maximum atomic E-state index is 14.7. The summed E-state index contributed by atoms with van der Waals surface area (Å²) in [6, 6.07) is 6.90. The average molecular weight is 548 g/mol. The number of methoxy groups -OCH3 is 1. The minimum atomic E-state index is -0.687. The molecule has 1 aliphatic heterocycles. The first kappa shape index (κ1) is 27.0. The van der Waals surface area contributed by atoms with Crippen molar-refractivity contribution in [1.82, 2.24) is 30.7 Å². The van der Waals surface area contributed by atoms with Crippen LogP contribution in [0.1, 0.15) is 60.1 Å². The molecule has 1 aromatic carbocycles. The van der Waals surface area contributed by atoms with Gasteiger partial charge in [0.15, 0.2) is 11.6 Å². The SMILES string of the molecule is CCOC(=O)CCc1cc(C2CC2)cn2cc(CN3C=C(C(=O)NCc4c(C#N)ccc(OC)c4F)NN3)nc12. The molecule has 1 saturated carbocycles. The van der Waals surface area contributed by atoms with Crippen LogP contribution in [0.2, 0.25) is 0 Å². The lowest BCUT2D eigenvalue weighted by Crippen LogP contribution is -2.38. The van der Waals surface area contributed by atoms with E-state index in [1.807, 2.05) is 16.7 Å². The molecular formula is C28H30FN7O4. The van der Waals surface area contributed by atoms with Crippen LogP contribution < -0.4 is 21.0 Å². The number of ether oxygens (including phenoxy) is 2. The van der Waals surface area contributed by atoms with Crippen LogP contribution in [0.5, 0.6) is 5.75 Å². The summed E-state index contributed by atoms with van der Waals surface area (Å²) in [7, 11) is 1.33. The molecule has 1 amide bonds. The molecule has 1 fully saturated rings. The number of aromatic nitrogens is 2. The first-order valence-electron chi connectivity index (χ1n) is 13.1. The van der Waals surface area contributed by atoms with Crippen LogP contribution in [0.3, 0.4) is 0 Å². The monoisotopic (exact) mass is 547 g/mol. The number of imidazole rings is 1. The van der Waals surface area contributed by atoms with E-state index in [-0.39, 0.29) is 41.5 Å². The maximum absolute atomic E-state index is 14.7. The molecule has 0 saturated heterocycles. The molecule has 5 rings (SSSR count). The van der Waals surface area contributed by atoms with Crippen molar-refractivity contribution in [3.63, 3.8) is 0 Å². The Kier molecular flexibility index (Phi) is 7.84. The number of nitriles is 1. The van der Waals surface area contributed by atoms with Crippen LogP contribution in [-0.2, 0) is 33.8 Å². The molecule has 12 heteroatoms. The molecule has 2 aliphatic rings. The second-order valence-electron chi connectivity index (χ2n) is 9.65. The van der Waals surface area contributed by atoms with Gasteiger partial charge in [-0.15, -0.1) is 5.53 Å². The third kappa shape index (κ3) is 5.84. The van der Waals surface area contributed by atoms with E-state index in [4.69, 9.17) is 14.5 Å². The lowest BCUT2D eigenvalue weighted by Gasteiger charge is -2.12. The largest absolute Gasteiger partial charge is 0.494 e. The number of amides is 1. The van der Waals surface area contributed by atoms with E-state index in [2.05, 4.69) is 28.5 Å². The number of aryl methyl sites for hydroxylation is 1. The highest BCUT2D eigenvalue weighted by molar-refractivity contribution is 5.92. The Morgan fingerprint density at radius 1 is 1.30 bits per heavy atom. The Balaban J connectivity index is 1.27. The van der Waals surface area contributed by atoms with Gasteiger partial charge in [-0.05, 0) is 55.4 Å². The normalized spacial score (nSPS) is 14.4. The Morgan fingerprint density at radius 2 is 2.12 bits per heavy atom. The zero-order valence-electron chi connectivity index (χ0n) is 22.3. The summed E-state index contributed by atoms with van der Waals surface area (Å²) in [6.45, 7) is 2.31. The number of halogens is 1. The number of rotatable bonds is 11. The molecule has 11 nitrogen and oxygen atoms in total. The highest BCUT2D eigenvalue weighted by Gasteiger charge is 2.26. The Morgan fingerprint density at radius 3 is 2.85 bits per heavy atom. The minimum absolute atomic E-state index is 0.00458. The Labute approximate surface area is 230 Å². The third-order valence-corrected chi connectivity index (χ3v) is 6.82. The highest BCUT2D eigenvalue weighted by Crippen LogP contribution is 2.40. The number of benzene rings is 1. The number of pyridine rings is 1. The van der Waals surface area contributed by atoms with Crippen molar-refractivity contribution < 1.29 is 23.5 Å². The van der Waals surface area contributed by atoms with Crippen molar-refractivity contribution in [3.8, 4) is 11.8 Å². The van der Waals surface area contributed by atoms with Gasteiger partial charge in [0.05, 0.1) is 37.6 Å². The molecular weight excluding hydrogens is 517 g/mol. The van der Waals surface area contributed by atoms with Gasteiger partial charge in [-0.1, -0.05) is 6.07 Å². The summed E-state index contributed by atoms with van der Waals surface area (Å²) < 4.78 is 26.7. The van der Waals surface area contributed by atoms with Crippen LogP contribution in [-0.4, -0.2) is 40.0 Å². The molecule has 0 spiro atoms. The molecule has 3 aromatic rings. The summed E-state index contributed by atoms with van der Waals surface area (Å²) in [6.07, 6.45) is 8.76. The van der Waals surface area contributed by atoms with Crippen molar-refractivity contribution in [1.29, 1.82) is 5.26 Å². The van der Waals surface area contributed by atoms with E-state index in [1.165, 1.54) is 24.8 Å². The fourth-order valence-electron chi connectivity index (χ4n) is 4.64. The fourth-order valence-corrected chi connectivity index (χ4v) is 4.64. The molecule has 3 N–H and O–H groups in total. The van der Waals surface area contributed by atoms with Crippen molar-refractivity contribution in [2.45, 2.75) is 51.6 Å². The number of carbonyl (C=O) groups excluding carboxylic acids is 2. The highest BCUT2D eigenvalue weighted by atomic mass is 19.1. The second kappa shape index (κ2) is 11.6. The number of fused-ring (bicyclic) bond motifs is 1. The predicted molar refractivity (Wildman–Crippen MR) is 142 cm³/mol. The molecule has 1 aliphatic carbocycles. The van der Waals surface area contributed by atoms with Gasteiger partial charge >= 0.3 is 5.97 Å². The number of hydrogen-bond acceptors (Lipinski definition) is 9. The van der Waals surface area contributed by atoms with Crippen LogP contribution in [0.25, 0.3) is 5.65 Å². The van der Waals surface area contributed by atoms with E-state index in [9.17, 15) is 19.2 Å². The molecule has 0 radical (unpaired) electrons. The first-order chi connectivity index (χ1) is 19.4. The third-order valence-electron chi connectivity index (χ3n) is 6.82. The first-order valence-corrected chi connectivity index (χ1v) is 13.1. The predicted octanol–water partition coefficient (Wildman–Crippen LogP) is 2.71. The summed E-state index contributed by atoms with van der Waals surface area (Å²) in [4.78, 5) is 29.5. The standard InChI is InChI=1S/C28H30FN7O4/c1-3-40-25(37)9-7-18-10-20(17-4-5-17)13-35-14-21(32-27(18)35)15-36-16-23(33-34-36)28(38)31-12-22-19(11-30)6-8-24(39-2)26(22)29/h6,8,10,13-14,16-17,33-34H,3-5,7,9,12,15H2,1-2H3,(H,31,38). The van der Waals surface area contributed by atoms with E-state index >= 15 is 0 Å². The van der Waals surface area contributed by atoms with Crippen molar-refractivity contribution >= 4 is 17.5 Å². The minimum Gasteiger partial charge on any atom is -0.494 e. The smallest absolute Gasteiger partial charge is 0.306 e. The van der Waals surface area contributed by atoms with Gasteiger partial charge in [-0.3, -0.25) is 20.0 Å². The van der Waals surface area contributed by atoms with E-state index < -0.39 is 11.7 Å². The van der Waals surface area contributed by atoms with Gasteiger partial charge in [-0.25, -0.2) is 9.37 Å². The molecule has 208 valence electrons. The van der Waals surface area contributed by atoms with Crippen LogP contribution in [0.4, 0.5) is 4.39 Å². The Hall–Kier alpha value is -4.63. The average Bonchev–Trinajstić information content (AvgIpc) is 3.56. The maximum Gasteiger partial charge on any atom is 0.306 e. The van der Waals surface area contributed by atoms with Crippen molar-refractivity contribution in [3.05, 3.63) is 76.3 Å². The molecule has 3 heterocycles. The number of nitrogens with one attached hydrogen (secondary N) is 3. The number of hydrazine groups is 2. The van der Waals surface area contributed by atoms with Crippen LogP contribution in [0, 0.1) is 17.1 Å². The summed E-state index contributed by atoms with van der Waals surface area (Å²) in [5, 5.41) is 13.6. The molecule has 40 heavy (non-hydrogen) atoms.